The maximum Gasteiger partial charge on any atom is 0.173 e. The molecule has 108 valence electrons. The predicted octanol–water partition coefficient (Wildman–Crippen LogP) is 3.02. The van der Waals surface area contributed by atoms with E-state index in [2.05, 4.69) is 25.8 Å². The van der Waals surface area contributed by atoms with E-state index in [9.17, 15) is 0 Å². The lowest BCUT2D eigenvalue weighted by Crippen LogP contribution is -2.31. The monoisotopic (exact) mass is 339 g/mol. The van der Waals surface area contributed by atoms with Crippen LogP contribution in [0.4, 0.5) is 5.82 Å². The quantitative estimate of drug-likeness (QED) is 0.838. The summed E-state index contributed by atoms with van der Waals surface area (Å²) in [7, 11) is 0. The van der Waals surface area contributed by atoms with Gasteiger partial charge in [0.25, 0.3) is 0 Å². The molecule has 3 rings (SSSR count). The molecular weight excluding hydrogens is 329 g/mol. The summed E-state index contributed by atoms with van der Waals surface area (Å²) in [6.07, 6.45) is 4.20. The standard InChI is InChI=1S/C13H11Cl2N5S/c14-8-2-1-4-16-11(8)7-6-10(7)18-13(21)19-12-9(15)3-5-17-20-12/h1-5,7,10H,6H2,(H2,18,19,20,21). The van der Waals surface area contributed by atoms with Gasteiger partial charge >= 0.3 is 0 Å². The van der Waals surface area contributed by atoms with Crippen LogP contribution in [0, 0.1) is 0 Å². The molecule has 2 N–H and O–H groups in total. The lowest BCUT2D eigenvalue weighted by Gasteiger charge is -2.10. The number of nitrogens with zero attached hydrogens (tertiary/aromatic N) is 3. The first-order valence-electron chi connectivity index (χ1n) is 6.30. The van der Waals surface area contributed by atoms with Gasteiger partial charge in [0.2, 0.25) is 0 Å². The van der Waals surface area contributed by atoms with Gasteiger partial charge in [-0.05, 0) is 36.8 Å². The Morgan fingerprint density at radius 1 is 1.24 bits per heavy atom. The first-order chi connectivity index (χ1) is 10.1. The fraction of sp³-hybridized carbons (Fsp3) is 0.231. The summed E-state index contributed by atoms with van der Waals surface area (Å²) < 4.78 is 0. The van der Waals surface area contributed by atoms with Crippen LogP contribution in [0.2, 0.25) is 10.0 Å². The number of halogens is 2. The molecule has 0 aliphatic heterocycles. The predicted molar refractivity (Wildman–Crippen MR) is 86.8 cm³/mol. The lowest BCUT2D eigenvalue weighted by atomic mass is 10.2. The summed E-state index contributed by atoms with van der Waals surface area (Å²) in [5.74, 6) is 0.709. The molecule has 1 fully saturated rings. The Labute approximate surface area is 137 Å². The average Bonchev–Trinajstić information content (AvgIpc) is 3.21. The molecular formula is C13H11Cl2N5S. The smallest absolute Gasteiger partial charge is 0.173 e. The Morgan fingerprint density at radius 2 is 2.10 bits per heavy atom. The minimum absolute atomic E-state index is 0.216. The Balaban J connectivity index is 1.58. The number of rotatable bonds is 3. The number of hydrogen-bond donors (Lipinski definition) is 2. The topological polar surface area (TPSA) is 62.7 Å². The molecule has 2 atom stereocenters. The summed E-state index contributed by atoms with van der Waals surface area (Å²) >= 11 is 17.4. The van der Waals surface area contributed by atoms with E-state index in [1.807, 2.05) is 12.1 Å². The third-order valence-corrected chi connectivity index (χ3v) is 3.99. The number of anilines is 1. The van der Waals surface area contributed by atoms with E-state index in [0.29, 0.717) is 21.0 Å². The minimum Gasteiger partial charge on any atom is -0.359 e. The van der Waals surface area contributed by atoms with Gasteiger partial charge in [-0.3, -0.25) is 4.98 Å². The van der Waals surface area contributed by atoms with Crippen LogP contribution in [-0.4, -0.2) is 26.3 Å². The zero-order valence-corrected chi connectivity index (χ0v) is 13.1. The molecule has 2 unspecified atom stereocenters. The van der Waals surface area contributed by atoms with Crippen molar-refractivity contribution < 1.29 is 0 Å². The molecule has 0 aromatic carbocycles. The molecule has 0 radical (unpaired) electrons. The molecule has 2 heterocycles. The minimum atomic E-state index is 0.216. The van der Waals surface area contributed by atoms with Crippen molar-refractivity contribution in [2.45, 2.75) is 18.4 Å². The van der Waals surface area contributed by atoms with Gasteiger partial charge in [-0.2, -0.15) is 5.10 Å². The van der Waals surface area contributed by atoms with Crippen molar-refractivity contribution in [2.24, 2.45) is 0 Å². The third kappa shape index (κ3) is 3.40. The van der Waals surface area contributed by atoms with E-state index in [1.54, 1.807) is 12.3 Å². The number of hydrogen-bond acceptors (Lipinski definition) is 4. The van der Waals surface area contributed by atoms with E-state index in [1.165, 1.54) is 6.20 Å². The SMILES string of the molecule is S=C(Nc1nnccc1Cl)NC1CC1c1ncccc1Cl. The zero-order valence-electron chi connectivity index (χ0n) is 10.8. The molecule has 0 amide bonds. The summed E-state index contributed by atoms with van der Waals surface area (Å²) in [6.45, 7) is 0. The van der Waals surface area contributed by atoms with Gasteiger partial charge < -0.3 is 10.6 Å². The summed E-state index contributed by atoms with van der Waals surface area (Å²) in [4.78, 5) is 4.32. The molecule has 1 saturated carbocycles. The molecule has 0 bridgehead atoms. The van der Waals surface area contributed by atoms with Crippen LogP contribution < -0.4 is 10.6 Å². The molecule has 5 nitrogen and oxygen atoms in total. The summed E-state index contributed by atoms with van der Waals surface area (Å²) in [5.41, 5.74) is 0.900. The number of thiocarbonyl (C=S) groups is 1. The first-order valence-corrected chi connectivity index (χ1v) is 7.46. The number of aromatic nitrogens is 3. The van der Waals surface area contributed by atoms with Gasteiger partial charge in [-0.1, -0.05) is 23.2 Å². The van der Waals surface area contributed by atoms with Crippen LogP contribution in [0.15, 0.2) is 30.6 Å². The van der Waals surface area contributed by atoms with Gasteiger partial charge in [-0.25, -0.2) is 0 Å². The fourth-order valence-corrected chi connectivity index (χ4v) is 2.69. The van der Waals surface area contributed by atoms with Gasteiger partial charge in [-0.15, -0.1) is 5.10 Å². The van der Waals surface area contributed by atoms with Gasteiger partial charge in [0.15, 0.2) is 10.9 Å². The molecule has 0 spiro atoms. The highest BCUT2D eigenvalue weighted by molar-refractivity contribution is 7.80. The highest BCUT2D eigenvalue weighted by atomic mass is 35.5. The van der Waals surface area contributed by atoms with Crippen LogP contribution in [-0.2, 0) is 0 Å². The second kappa shape index (κ2) is 6.09. The van der Waals surface area contributed by atoms with Crippen LogP contribution in [0.25, 0.3) is 0 Å². The van der Waals surface area contributed by atoms with Crippen molar-refractivity contribution in [1.82, 2.24) is 20.5 Å². The fourth-order valence-electron chi connectivity index (χ4n) is 2.04. The third-order valence-electron chi connectivity index (χ3n) is 3.15. The Bertz CT molecular complexity index is 681. The highest BCUT2D eigenvalue weighted by Crippen LogP contribution is 2.42. The Morgan fingerprint density at radius 3 is 2.86 bits per heavy atom. The van der Waals surface area contributed by atoms with Crippen molar-refractivity contribution in [2.75, 3.05) is 5.32 Å². The number of nitrogens with one attached hydrogen (secondary N) is 2. The van der Waals surface area contributed by atoms with E-state index < -0.39 is 0 Å². The van der Waals surface area contributed by atoms with Crippen molar-refractivity contribution >= 4 is 46.4 Å². The molecule has 2 aromatic rings. The van der Waals surface area contributed by atoms with Crippen molar-refractivity contribution in [3.05, 3.63) is 46.3 Å². The van der Waals surface area contributed by atoms with E-state index in [0.717, 1.165) is 12.1 Å². The maximum atomic E-state index is 6.14. The van der Waals surface area contributed by atoms with Crippen LogP contribution >= 0.6 is 35.4 Å². The lowest BCUT2D eigenvalue weighted by molar-refractivity contribution is 0.858. The second-order valence-electron chi connectivity index (χ2n) is 4.65. The van der Waals surface area contributed by atoms with E-state index in [4.69, 9.17) is 35.4 Å². The van der Waals surface area contributed by atoms with Crippen molar-refractivity contribution in [3.8, 4) is 0 Å². The molecule has 21 heavy (non-hydrogen) atoms. The molecule has 2 aromatic heterocycles. The van der Waals surface area contributed by atoms with Gasteiger partial charge in [0.05, 0.1) is 21.9 Å². The number of pyridine rings is 1. The zero-order chi connectivity index (χ0) is 14.8. The molecule has 1 aliphatic carbocycles. The van der Waals surface area contributed by atoms with Crippen molar-refractivity contribution in [3.63, 3.8) is 0 Å². The highest BCUT2D eigenvalue weighted by Gasteiger charge is 2.41. The average molecular weight is 340 g/mol. The van der Waals surface area contributed by atoms with Crippen LogP contribution in [0.1, 0.15) is 18.0 Å². The Kier molecular flexibility index (Phi) is 4.19. The van der Waals surface area contributed by atoms with Crippen LogP contribution in [0.3, 0.4) is 0 Å². The summed E-state index contributed by atoms with van der Waals surface area (Å²) in [5, 5.41) is 15.4. The maximum absolute atomic E-state index is 6.14. The van der Waals surface area contributed by atoms with Crippen LogP contribution in [0.5, 0.6) is 0 Å². The molecule has 1 aliphatic rings. The second-order valence-corrected chi connectivity index (χ2v) is 5.87. The van der Waals surface area contributed by atoms with Gasteiger partial charge in [0, 0.05) is 18.2 Å². The summed E-state index contributed by atoms with van der Waals surface area (Å²) in [6, 6.07) is 5.52. The van der Waals surface area contributed by atoms with E-state index in [-0.39, 0.29) is 12.0 Å². The van der Waals surface area contributed by atoms with Crippen molar-refractivity contribution in [1.29, 1.82) is 0 Å². The largest absolute Gasteiger partial charge is 0.359 e. The molecule has 0 saturated heterocycles. The first kappa shape index (κ1) is 14.4. The normalized spacial score (nSPS) is 19.9. The Hall–Kier alpha value is -1.50. The van der Waals surface area contributed by atoms with Gasteiger partial charge in [0.1, 0.15) is 0 Å². The molecule has 8 heteroatoms. The van der Waals surface area contributed by atoms with E-state index >= 15 is 0 Å².